The van der Waals surface area contributed by atoms with Gasteiger partial charge in [-0.3, -0.25) is 0 Å². The summed E-state index contributed by atoms with van der Waals surface area (Å²) in [5.41, 5.74) is 1.11. The molecule has 1 aromatic carbocycles. The van der Waals surface area contributed by atoms with Gasteiger partial charge in [-0.15, -0.1) is 0 Å². The lowest BCUT2D eigenvalue weighted by Gasteiger charge is -2.37. The summed E-state index contributed by atoms with van der Waals surface area (Å²) in [7, 11) is 0. The van der Waals surface area contributed by atoms with Gasteiger partial charge in [0, 0.05) is 11.5 Å². The predicted molar refractivity (Wildman–Crippen MR) is 64.0 cm³/mol. The summed E-state index contributed by atoms with van der Waals surface area (Å²) in [6.45, 7) is 7.37. The van der Waals surface area contributed by atoms with E-state index in [1.807, 2.05) is 18.2 Å². The summed E-state index contributed by atoms with van der Waals surface area (Å²) in [5, 5.41) is 0. The number of hydrogen-bond acceptors (Lipinski definition) is 2. The second kappa shape index (κ2) is 4.98. The van der Waals surface area contributed by atoms with Crippen LogP contribution in [0.25, 0.3) is 0 Å². The molecule has 3 atom stereocenters. The Bertz CT molecular complexity index is 321. The molecule has 1 fully saturated rings. The minimum Gasteiger partial charge on any atom is -0.348 e. The first-order valence-corrected chi connectivity index (χ1v) is 6.00. The highest BCUT2D eigenvalue weighted by Crippen LogP contribution is 2.32. The quantitative estimate of drug-likeness (QED) is 0.760. The molecule has 0 radical (unpaired) electrons. The van der Waals surface area contributed by atoms with Crippen LogP contribution in [-0.4, -0.2) is 12.7 Å². The number of rotatable bonds is 2. The summed E-state index contributed by atoms with van der Waals surface area (Å²) in [5.74, 6) is 1.00. The SMILES string of the molecule is CC(C)[C@H]1O[C@@H](c2ccccc2)OC[C@H]1C. The molecule has 0 aromatic heterocycles. The number of ether oxygens (including phenoxy) is 2. The fourth-order valence-electron chi connectivity index (χ4n) is 2.25. The van der Waals surface area contributed by atoms with Crippen molar-refractivity contribution >= 4 is 0 Å². The van der Waals surface area contributed by atoms with E-state index in [1.165, 1.54) is 0 Å². The van der Waals surface area contributed by atoms with Crippen molar-refractivity contribution in [1.29, 1.82) is 0 Å². The average molecular weight is 220 g/mol. The fraction of sp³-hybridized carbons (Fsp3) is 0.571. The summed E-state index contributed by atoms with van der Waals surface area (Å²) >= 11 is 0. The van der Waals surface area contributed by atoms with Crippen LogP contribution in [0.15, 0.2) is 30.3 Å². The minimum atomic E-state index is -0.190. The monoisotopic (exact) mass is 220 g/mol. The van der Waals surface area contributed by atoms with Gasteiger partial charge in [0.2, 0.25) is 0 Å². The normalized spacial score (nSPS) is 30.6. The molecule has 1 aliphatic heterocycles. The molecule has 0 N–H and O–H groups in total. The van der Waals surface area contributed by atoms with Crippen LogP contribution < -0.4 is 0 Å². The van der Waals surface area contributed by atoms with Crippen molar-refractivity contribution in [2.45, 2.75) is 33.2 Å². The lowest BCUT2D eigenvalue weighted by molar-refractivity contribution is -0.248. The highest BCUT2D eigenvalue weighted by Gasteiger charge is 2.31. The molecular formula is C14H20O2. The first-order valence-electron chi connectivity index (χ1n) is 6.00. The van der Waals surface area contributed by atoms with Crippen LogP contribution in [0.3, 0.4) is 0 Å². The average Bonchev–Trinajstić information content (AvgIpc) is 2.30. The van der Waals surface area contributed by atoms with Crippen LogP contribution in [0.2, 0.25) is 0 Å². The van der Waals surface area contributed by atoms with Gasteiger partial charge in [-0.25, -0.2) is 0 Å². The van der Waals surface area contributed by atoms with Crippen LogP contribution in [0.5, 0.6) is 0 Å². The Hall–Kier alpha value is -0.860. The van der Waals surface area contributed by atoms with Crippen molar-refractivity contribution < 1.29 is 9.47 Å². The summed E-state index contributed by atoms with van der Waals surface area (Å²) in [6, 6.07) is 10.2. The van der Waals surface area contributed by atoms with Crippen LogP contribution >= 0.6 is 0 Å². The van der Waals surface area contributed by atoms with Gasteiger partial charge in [-0.2, -0.15) is 0 Å². The molecule has 0 spiro atoms. The smallest absolute Gasteiger partial charge is 0.184 e. The van der Waals surface area contributed by atoms with E-state index in [-0.39, 0.29) is 6.29 Å². The highest BCUT2D eigenvalue weighted by molar-refractivity contribution is 5.16. The molecule has 2 nitrogen and oxygen atoms in total. The fourth-order valence-corrected chi connectivity index (χ4v) is 2.25. The summed E-state index contributed by atoms with van der Waals surface area (Å²) in [6.07, 6.45) is 0.101. The van der Waals surface area contributed by atoms with Gasteiger partial charge in [-0.1, -0.05) is 51.1 Å². The largest absolute Gasteiger partial charge is 0.348 e. The third-order valence-corrected chi connectivity index (χ3v) is 3.08. The van der Waals surface area contributed by atoms with Gasteiger partial charge < -0.3 is 9.47 Å². The van der Waals surface area contributed by atoms with Crippen molar-refractivity contribution in [2.75, 3.05) is 6.61 Å². The van der Waals surface area contributed by atoms with Crippen molar-refractivity contribution in [3.8, 4) is 0 Å². The van der Waals surface area contributed by atoms with Gasteiger partial charge in [0.05, 0.1) is 12.7 Å². The van der Waals surface area contributed by atoms with E-state index in [9.17, 15) is 0 Å². The molecule has 0 unspecified atom stereocenters. The van der Waals surface area contributed by atoms with E-state index >= 15 is 0 Å². The van der Waals surface area contributed by atoms with E-state index in [4.69, 9.17) is 9.47 Å². The maximum atomic E-state index is 6.02. The molecule has 16 heavy (non-hydrogen) atoms. The zero-order chi connectivity index (χ0) is 11.5. The van der Waals surface area contributed by atoms with Crippen LogP contribution in [0, 0.1) is 11.8 Å². The Labute approximate surface area is 97.6 Å². The molecule has 88 valence electrons. The predicted octanol–water partition coefficient (Wildman–Crippen LogP) is 3.39. The first kappa shape index (κ1) is 11.6. The van der Waals surface area contributed by atoms with E-state index in [0.717, 1.165) is 12.2 Å². The van der Waals surface area contributed by atoms with Gasteiger partial charge in [0.1, 0.15) is 0 Å². The van der Waals surface area contributed by atoms with Crippen molar-refractivity contribution in [3.05, 3.63) is 35.9 Å². The molecule has 2 heteroatoms. The second-order valence-corrected chi connectivity index (χ2v) is 4.90. The molecule has 1 aliphatic rings. The molecule has 1 heterocycles. The summed E-state index contributed by atoms with van der Waals surface area (Å²) in [4.78, 5) is 0. The molecule has 0 amide bonds. The molecule has 0 bridgehead atoms. The van der Waals surface area contributed by atoms with E-state index < -0.39 is 0 Å². The van der Waals surface area contributed by atoms with E-state index in [0.29, 0.717) is 17.9 Å². The van der Waals surface area contributed by atoms with E-state index in [1.54, 1.807) is 0 Å². The zero-order valence-corrected chi connectivity index (χ0v) is 10.2. The Morgan fingerprint density at radius 2 is 1.88 bits per heavy atom. The molecule has 1 saturated heterocycles. The molecule has 2 rings (SSSR count). The topological polar surface area (TPSA) is 18.5 Å². The zero-order valence-electron chi connectivity index (χ0n) is 10.2. The third kappa shape index (κ3) is 2.45. The molecule has 0 aliphatic carbocycles. The minimum absolute atomic E-state index is 0.190. The third-order valence-electron chi connectivity index (χ3n) is 3.08. The lowest BCUT2D eigenvalue weighted by Crippen LogP contribution is -2.37. The van der Waals surface area contributed by atoms with Crippen molar-refractivity contribution in [2.24, 2.45) is 11.8 Å². The number of hydrogen-bond donors (Lipinski definition) is 0. The molecule has 0 saturated carbocycles. The van der Waals surface area contributed by atoms with Crippen molar-refractivity contribution in [3.63, 3.8) is 0 Å². The van der Waals surface area contributed by atoms with E-state index in [2.05, 4.69) is 32.9 Å². The van der Waals surface area contributed by atoms with Gasteiger partial charge in [-0.05, 0) is 5.92 Å². The van der Waals surface area contributed by atoms with Crippen LogP contribution in [0.1, 0.15) is 32.6 Å². The molecule has 1 aromatic rings. The molecular weight excluding hydrogens is 200 g/mol. The van der Waals surface area contributed by atoms with Crippen LogP contribution in [0.4, 0.5) is 0 Å². The Balaban J connectivity index is 2.09. The maximum Gasteiger partial charge on any atom is 0.184 e. The van der Waals surface area contributed by atoms with Crippen molar-refractivity contribution in [1.82, 2.24) is 0 Å². The lowest BCUT2D eigenvalue weighted by atomic mass is 9.94. The second-order valence-electron chi connectivity index (χ2n) is 4.90. The highest BCUT2D eigenvalue weighted by atomic mass is 16.7. The van der Waals surface area contributed by atoms with Gasteiger partial charge >= 0.3 is 0 Å². The van der Waals surface area contributed by atoms with Crippen LogP contribution in [-0.2, 0) is 9.47 Å². The number of benzene rings is 1. The Morgan fingerprint density at radius 1 is 1.19 bits per heavy atom. The first-order chi connectivity index (χ1) is 7.68. The maximum absolute atomic E-state index is 6.02. The van der Waals surface area contributed by atoms with Gasteiger partial charge in [0.25, 0.3) is 0 Å². The standard InChI is InChI=1S/C14H20O2/c1-10(2)13-11(3)9-15-14(16-13)12-7-5-4-6-8-12/h4-8,10-11,13-14H,9H2,1-3H3/t11-,13-,14+/m1/s1. The Morgan fingerprint density at radius 3 is 2.50 bits per heavy atom. The summed E-state index contributed by atoms with van der Waals surface area (Å²) < 4.78 is 11.8. The Kier molecular flexibility index (Phi) is 3.62. The van der Waals surface area contributed by atoms with Gasteiger partial charge in [0.15, 0.2) is 6.29 Å².